The molecule has 0 spiro atoms. The molecule has 0 bridgehead atoms. The molecule has 0 fully saturated rings. The molecule has 1 aromatic rings. The van der Waals surface area contributed by atoms with Gasteiger partial charge in [0, 0.05) is 0 Å². The van der Waals surface area contributed by atoms with E-state index in [1.54, 1.807) is 27.9 Å². The van der Waals surface area contributed by atoms with Gasteiger partial charge in [-0.25, -0.2) is 8.42 Å². The Kier molecular flexibility index (Phi) is 7.59. The monoisotopic (exact) mass is 340 g/mol. The molecule has 4 heteroatoms. The molecule has 1 aromatic carbocycles. The second-order valence-electron chi connectivity index (χ2n) is 7.20. The summed E-state index contributed by atoms with van der Waals surface area (Å²) in [6.07, 6.45) is 4.91. The van der Waals surface area contributed by atoms with Gasteiger partial charge in [-0.05, 0) is 57.6 Å². The third-order valence-corrected chi connectivity index (χ3v) is 7.20. The molecular formula is C19H32O3S. The van der Waals surface area contributed by atoms with Gasteiger partial charge in [0.1, 0.15) is 5.75 Å². The highest BCUT2D eigenvalue weighted by molar-refractivity contribution is 7.92. The zero-order valence-corrected chi connectivity index (χ0v) is 16.1. The molecular weight excluding hydrogens is 308 g/mol. The zero-order chi connectivity index (χ0) is 17.5. The van der Waals surface area contributed by atoms with Crippen LogP contribution < -0.4 is 4.74 Å². The topological polar surface area (TPSA) is 43.4 Å². The fourth-order valence-corrected chi connectivity index (χ4v) is 3.93. The molecule has 0 aliphatic heterocycles. The average molecular weight is 341 g/mol. The predicted octanol–water partition coefficient (Wildman–Crippen LogP) is 4.65. The summed E-state index contributed by atoms with van der Waals surface area (Å²) >= 11 is 0. The molecule has 1 atom stereocenters. The molecule has 23 heavy (non-hydrogen) atoms. The van der Waals surface area contributed by atoms with Crippen LogP contribution in [0.4, 0.5) is 0 Å². The third kappa shape index (κ3) is 6.17. The lowest BCUT2D eigenvalue weighted by Gasteiger charge is -2.21. The molecule has 0 saturated heterocycles. The van der Waals surface area contributed by atoms with Crippen molar-refractivity contribution in [1.29, 1.82) is 0 Å². The molecule has 0 radical (unpaired) electrons. The largest absolute Gasteiger partial charge is 0.496 e. The number of rotatable bonds is 9. The summed E-state index contributed by atoms with van der Waals surface area (Å²) in [5, 5.41) is 0. The molecule has 1 rings (SSSR count). The Bertz CT molecular complexity index is 571. The fraction of sp³-hybridized carbons (Fsp3) is 0.684. The SMILES string of the molecule is CC[C@H](CCCc1ccccc1OC)CCS(=O)(=O)C(C)(C)C. The number of para-hydroxylation sites is 1. The van der Waals surface area contributed by atoms with Crippen LogP contribution in [0, 0.1) is 5.92 Å². The van der Waals surface area contributed by atoms with Crippen LogP contribution in [0.1, 0.15) is 58.9 Å². The summed E-state index contributed by atoms with van der Waals surface area (Å²) in [6, 6.07) is 8.10. The van der Waals surface area contributed by atoms with Gasteiger partial charge in [-0.1, -0.05) is 38.0 Å². The second-order valence-corrected chi connectivity index (χ2v) is 10.1. The van der Waals surface area contributed by atoms with Crippen LogP contribution in [0.25, 0.3) is 0 Å². The van der Waals surface area contributed by atoms with Gasteiger partial charge in [-0.15, -0.1) is 0 Å². The van der Waals surface area contributed by atoms with Crippen LogP contribution in [-0.4, -0.2) is 26.0 Å². The Morgan fingerprint density at radius 2 is 1.78 bits per heavy atom. The summed E-state index contributed by atoms with van der Waals surface area (Å²) in [5.74, 6) is 1.71. The molecule has 0 aromatic heterocycles. The van der Waals surface area contributed by atoms with Gasteiger partial charge in [-0.3, -0.25) is 0 Å². The number of sulfone groups is 1. The van der Waals surface area contributed by atoms with Crippen molar-refractivity contribution in [3.8, 4) is 5.75 Å². The summed E-state index contributed by atoms with van der Waals surface area (Å²) in [5.41, 5.74) is 1.23. The molecule has 0 N–H and O–H groups in total. The van der Waals surface area contributed by atoms with Crippen molar-refractivity contribution in [2.24, 2.45) is 5.92 Å². The maximum absolute atomic E-state index is 12.2. The quantitative estimate of drug-likeness (QED) is 0.657. The van der Waals surface area contributed by atoms with Crippen LogP contribution in [0.2, 0.25) is 0 Å². The van der Waals surface area contributed by atoms with Gasteiger partial charge in [0.05, 0.1) is 17.6 Å². The van der Waals surface area contributed by atoms with E-state index in [0.29, 0.717) is 11.7 Å². The fourth-order valence-electron chi connectivity index (χ4n) is 2.67. The molecule has 0 amide bonds. The van der Waals surface area contributed by atoms with Gasteiger partial charge in [-0.2, -0.15) is 0 Å². The maximum Gasteiger partial charge on any atom is 0.155 e. The number of hydrogen-bond acceptors (Lipinski definition) is 3. The van der Waals surface area contributed by atoms with E-state index in [2.05, 4.69) is 13.0 Å². The highest BCUT2D eigenvalue weighted by Gasteiger charge is 2.29. The van der Waals surface area contributed by atoms with Gasteiger partial charge in [0.25, 0.3) is 0 Å². The van der Waals surface area contributed by atoms with E-state index in [4.69, 9.17) is 4.74 Å². The molecule has 0 heterocycles. The van der Waals surface area contributed by atoms with Crippen LogP contribution in [0.3, 0.4) is 0 Å². The van der Waals surface area contributed by atoms with Crippen molar-refractivity contribution in [2.75, 3.05) is 12.9 Å². The normalized spacial score (nSPS) is 13.8. The summed E-state index contributed by atoms with van der Waals surface area (Å²) in [7, 11) is -1.31. The number of aryl methyl sites for hydroxylation is 1. The van der Waals surface area contributed by atoms with Crippen molar-refractivity contribution in [3.05, 3.63) is 29.8 Å². The van der Waals surface area contributed by atoms with Crippen LogP contribution in [-0.2, 0) is 16.3 Å². The summed E-state index contributed by atoms with van der Waals surface area (Å²) < 4.78 is 29.2. The summed E-state index contributed by atoms with van der Waals surface area (Å²) in [6.45, 7) is 7.50. The number of ether oxygens (including phenoxy) is 1. The van der Waals surface area contributed by atoms with Crippen molar-refractivity contribution in [3.63, 3.8) is 0 Å². The minimum absolute atomic E-state index is 0.295. The van der Waals surface area contributed by atoms with Gasteiger partial charge in [0.2, 0.25) is 0 Å². The lowest BCUT2D eigenvalue weighted by Crippen LogP contribution is -2.31. The minimum atomic E-state index is -3.01. The minimum Gasteiger partial charge on any atom is -0.496 e. The molecule has 3 nitrogen and oxygen atoms in total. The lowest BCUT2D eigenvalue weighted by atomic mass is 9.95. The first-order valence-corrected chi connectivity index (χ1v) is 10.2. The van der Waals surface area contributed by atoms with Gasteiger partial charge in [0.15, 0.2) is 9.84 Å². The van der Waals surface area contributed by atoms with E-state index >= 15 is 0 Å². The summed E-state index contributed by atoms with van der Waals surface area (Å²) in [4.78, 5) is 0. The van der Waals surface area contributed by atoms with E-state index in [1.165, 1.54) is 5.56 Å². The van der Waals surface area contributed by atoms with Crippen LogP contribution in [0.15, 0.2) is 24.3 Å². The van der Waals surface area contributed by atoms with Crippen LogP contribution in [0.5, 0.6) is 5.75 Å². The standard InChI is InChI=1S/C19H32O3S/c1-6-16(14-15-23(20,21)19(2,3)4)10-9-12-17-11-7-8-13-18(17)22-5/h7-8,11,13,16H,6,9-10,12,14-15H2,1-5H3/t16-/m1/s1. The molecule has 0 unspecified atom stereocenters. The highest BCUT2D eigenvalue weighted by atomic mass is 32.2. The van der Waals surface area contributed by atoms with Crippen LogP contribution >= 0.6 is 0 Å². The van der Waals surface area contributed by atoms with Crippen molar-refractivity contribution in [1.82, 2.24) is 0 Å². The van der Waals surface area contributed by atoms with E-state index in [9.17, 15) is 8.42 Å². The lowest BCUT2D eigenvalue weighted by molar-refractivity contribution is 0.404. The zero-order valence-electron chi connectivity index (χ0n) is 15.3. The molecule has 0 saturated carbocycles. The third-order valence-electron chi connectivity index (χ3n) is 4.56. The van der Waals surface area contributed by atoms with E-state index in [1.807, 2.05) is 18.2 Å². The Morgan fingerprint density at radius 1 is 1.13 bits per heavy atom. The Labute approximate surface area is 142 Å². The van der Waals surface area contributed by atoms with E-state index in [-0.39, 0.29) is 0 Å². The smallest absolute Gasteiger partial charge is 0.155 e. The predicted molar refractivity (Wildman–Crippen MR) is 97.9 cm³/mol. The number of hydrogen-bond donors (Lipinski definition) is 0. The van der Waals surface area contributed by atoms with E-state index < -0.39 is 14.6 Å². The second kappa shape index (κ2) is 8.72. The average Bonchev–Trinajstić information content (AvgIpc) is 2.49. The molecule has 0 aliphatic carbocycles. The number of benzene rings is 1. The maximum atomic E-state index is 12.2. The Hall–Kier alpha value is -1.03. The molecule has 0 aliphatic rings. The van der Waals surface area contributed by atoms with E-state index in [0.717, 1.165) is 37.9 Å². The Balaban J connectivity index is 2.49. The van der Waals surface area contributed by atoms with Gasteiger partial charge >= 0.3 is 0 Å². The molecule has 132 valence electrons. The Morgan fingerprint density at radius 3 is 2.35 bits per heavy atom. The first-order chi connectivity index (χ1) is 10.7. The van der Waals surface area contributed by atoms with Crippen molar-refractivity contribution in [2.45, 2.75) is 64.5 Å². The first kappa shape index (κ1) is 20.0. The van der Waals surface area contributed by atoms with Crippen molar-refractivity contribution < 1.29 is 13.2 Å². The van der Waals surface area contributed by atoms with Gasteiger partial charge < -0.3 is 4.74 Å². The van der Waals surface area contributed by atoms with Crippen molar-refractivity contribution >= 4 is 9.84 Å². The first-order valence-electron chi connectivity index (χ1n) is 8.55. The highest BCUT2D eigenvalue weighted by Crippen LogP contribution is 2.24. The number of methoxy groups -OCH3 is 1.